The average molecular weight is 299 g/mol. The Balaban J connectivity index is 2.35. The molecule has 2 fully saturated rings. The Kier molecular flexibility index (Phi) is 3.62. The molecule has 2 rings (SSSR count). The predicted octanol–water partition coefficient (Wildman–Crippen LogP) is 1.60. The lowest BCUT2D eigenvalue weighted by Crippen LogP contribution is -3.06. The molecule has 1 amide bonds. The highest BCUT2D eigenvalue weighted by molar-refractivity contribution is 5.72. The number of carbonyl (C=O) groups excluding carboxylic acids is 1. The number of amides is 1. The van der Waals surface area contributed by atoms with Crippen LogP contribution >= 0.6 is 0 Å². The number of aliphatic hydroxyl groups is 1. The first-order valence-electron chi connectivity index (χ1n) is 7.95. The highest BCUT2D eigenvalue weighted by Gasteiger charge is 2.62. The van der Waals surface area contributed by atoms with Crippen LogP contribution in [0.1, 0.15) is 67.7 Å². The third-order valence-electron chi connectivity index (χ3n) is 5.32. The van der Waals surface area contributed by atoms with Crippen molar-refractivity contribution in [2.75, 3.05) is 0 Å². The summed E-state index contributed by atoms with van der Waals surface area (Å²) < 4.78 is 5.54. The van der Waals surface area contributed by atoms with Crippen LogP contribution < -0.4 is 5.32 Å². The molecule has 2 heterocycles. The first-order valence-corrected chi connectivity index (χ1v) is 7.95. The van der Waals surface area contributed by atoms with E-state index < -0.39 is 11.3 Å². The van der Waals surface area contributed by atoms with Gasteiger partial charge in [0.05, 0.1) is 11.1 Å². The van der Waals surface area contributed by atoms with Crippen molar-refractivity contribution in [1.29, 1.82) is 0 Å². The minimum Gasteiger partial charge on any atom is -0.438 e. The van der Waals surface area contributed by atoms with Gasteiger partial charge in [0, 0.05) is 18.9 Å². The van der Waals surface area contributed by atoms with Gasteiger partial charge in [0.2, 0.25) is 0 Å². The first-order chi connectivity index (χ1) is 9.34. The third kappa shape index (κ3) is 2.66. The van der Waals surface area contributed by atoms with Crippen molar-refractivity contribution in [3.8, 4) is 0 Å². The number of rotatable bonds is 2. The summed E-state index contributed by atoms with van der Waals surface area (Å²) in [6.45, 7) is 14.2. The molecule has 0 saturated carbocycles. The summed E-state index contributed by atoms with van der Waals surface area (Å²) in [6, 6.07) is -0.00382. The molecule has 0 unspecified atom stereocenters. The highest BCUT2D eigenvalue weighted by atomic mass is 16.6. The van der Waals surface area contributed by atoms with Crippen molar-refractivity contribution in [2.24, 2.45) is 0 Å². The van der Waals surface area contributed by atoms with Gasteiger partial charge in [-0.1, -0.05) is 6.92 Å². The summed E-state index contributed by atoms with van der Waals surface area (Å²) in [5.74, 6) is 0. The Morgan fingerprint density at radius 2 is 1.67 bits per heavy atom. The van der Waals surface area contributed by atoms with Crippen molar-refractivity contribution in [3.63, 3.8) is 0 Å². The van der Waals surface area contributed by atoms with E-state index in [1.54, 1.807) is 11.8 Å². The van der Waals surface area contributed by atoms with E-state index in [4.69, 9.17) is 4.74 Å². The van der Waals surface area contributed by atoms with E-state index in [2.05, 4.69) is 33.0 Å². The molecule has 0 radical (unpaired) electrons. The van der Waals surface area contributed by atoms with E-state index in [0.29, 0.717) is 6.42 Å². The molecule has 5 nitrogen and oxygen atoms in total. The van der Waals surface area contributed by atoms with E-state index in [1.807, 2.05) is 13.8 Å². The lowest BCUT2D eigenvalue weighted by molar-refractivity contribution is -0.788. The van der Waals surface area contributed by atoms with Crippen LogP contribution in [0.3, 0.4) is 0 Å². The minimum absolute atomic E-state index is 0.00382. The zero-order chi connectivity index (χ0) is 16.3. The maximum Gasteiger partial charge on any atom is 0.413 e. The Morgan fingerprint density at radius 3 is 2.05 bits per heavy atom. The fraction of sp³-hybridized carbons (Fsp3) is 0.938. The quantitative estimate of drug-likeness (QED) is 0.814. The number of ether oxygens (including phenoxy) is 1. The molecule has 2 atom stereocenters. The standard InChI is InChI=1S/C16H30N2O3/c1-8-15(6)16(7,20)18(12(19)21-15)11-9-13(2,3)17-14(4,5)10-11/h11,17,20H,8-10H2,1-7H3/p+1/t15-,16-/m0/s1. The van der Waals surface area contributed by atoms with Gasteiger partial charge in [-0.15, -0.1) is 0 Å². The van der Waals surface area contributed by atoms with Crippen LogP contribution in [-0.2, 0) is 4.74 Å². The second kappa shape index (κ2) is 4.59. The average Bonchev–Trinajstić information content (AvgIpc) is 2.40. The van der Waals surface area contributed by atoms with Crippen LogP contribution in [0.15, 0.2) is 0 Å². The summed E-state index contributed by atoms with van der Waals surface area (Å²) in [4.78, 5) is 14.0. The van der Waals surface area contributed by atoms with Crippen molar-refractivity contribution < 1.29 is 20.0 Å². The van der Waals surface area contributed by atoms with Crippen molar-refractivity contribution in [3.05, 3.63) is 0 Å². The summed E-state index contributed by atoms with van der Waals surface area (Å²) in [5, 5.41) is 13.4. The SMILES string of the molecule is CC[C@]1(C)OC(=O)N(C2CC(C)(C)[NH2+]C(C)(C)C2)[C@@]1(C)O. The molecule has 122 valence electrons. The van der Waals surface area contributed by atoms with Gasteiger partial charge in [0.15, 0.2) is 11.3 Å². The van der Waals surface area contributed by atoms with E-state index in [1.165, 1.54) is 0 Å². The van der Waals surface area contributed by atoms with Gasteiger partial charge in [-0.3, -0.25) is 4.90 Å². The molecular weight excluding hydrogens is 268 g/mol. The number of hydrogen-bond donors (Lipinski definition) is 2. The molecule has 0 aromatic carbocycles. The zero-order valence-electron chi connectivity index (χ0n) is 14.5. The summed E-state index contributed by atoms with van der Waals surface area (Å²) in [6.07, 6.45) is 1.90. The molecule has 0 aromatic rings. The van der Waals surface area contributed by atoms with Crippen LogP contribution in [0, 0.1) is 0 Å². The Labute approximate surface area is 128 Å². The van der Waals surface area contributed by atoms with Gasteiger partial charge >= 0.3 is 6.09 Å². The van der Waals surface area contributed by atoms with Crippen LogP contribution in [-0.4, -0.2) is 44.5 Å². The lowest BCUT2D eigenvalue weighted by atomic mass is 9.77. The van der Waals surface area contributed by atoms with Crippen LogP contribution in [0.2, 0.25) is 0 Å². The molecule has 2 aliphatic rings. The molecule has 0 bridgehead atoms. The molecule has 2 aliphatic heterocycles. The van der Waals surface area contributed by atoms with Crippen LogP contribution in [0.25, 0.3) is 0 Å². The van der Waals surface area contributed by atoms with Crippen molar-refractivity contribution in [1.82, 2.24) is 4.90 Å². The maximum absolute atomic E-state index is 12.4. The molecule has 3 N–H and O–H groups in total. The summed E-state index contributed by atoms with van der Waals surface area (Å²) >= 11 is 0. The first kappa shape index (κ1) is 16.6. The van der Waals surface area contributed by atoms with Gasteiger partial charge in [0.1, 0.15) is 0 Å². The van der Waals surface area contributed by atoms with Gasteiger partial charge in [0.25, 0.3) is 0 Å². The topological polar surface area (TPSA) is 66.4 Å². The molecule has 5 heteroatoms. The normalized spacial score (nSPS) is 39.4. The van der Waals surface area contributed by atoms with E-state index >= 15 is 0 Å². The number of hydrogen-bond acceptors (Lipinski definition) is 3. The van der Waals surface area contributed by atoms with Gasteiger partial charge in [-0.2, -0.15) is 0 Å². The summed E-state index contributed by atoms with van der Waals surface area (Å²) in [7, 11) is 0. The molecule has 21 heavy (non-hydrogen) atoms. The fourth-order valence-corrected chi connectivity index (χ4v) is 4.33. The Hall–Kier alpha value is -0.810. The Morgan fingerprint density at radius 1 is 1.19 bits per heavy atom. The van der Waals surface area contributed by atoms with E-state index in [-0.39, 0.29) is 23.2 Å². The largest absolute Gasteiger partial charge is 0.438 e. The maximum atomic E-state index is 12.4. The van der Waals surface area contributed by atoms with Crippen LogP contribution in [0.5, 0.6) is 0 Å². The highest BCUT2D eigenvalue weighted by Crippen LogP contribution is 2.43. The smallest absolute Gasteiger partial charge is 0.413 e. The number of nitrogens with zero attached hydrogens (tertiary/aromatic N) is 1. The van der Waals surface area contributed by atoms with E-state index in [9.17, 15) is 9.90 Å². The van der Waals surface area contributed by atoms with Crippen molar-refractivity contribution in [2.45, 2.75) is 96.2 Å². The fourth-order valence-electron chi connectivity index (χ4n) is 4.33. The number of carbonyl (C=O) groups is 1. The molecule has 2 saturated heterocycles. The lowest BCUT2D eigenvalue weighted by Gasteiger charge is -2.48. The summed E-state index contributed by atoms with van der Waals surface area (Å²) in [5.41, 5.74) is -2.05. The van der Waals surface area contributed by atoms with Gasteiger partial charge in [-0.05, 0) is 48.0 Å². The number of cyclic esters (lactones) is 1. The van der Waals surface area contributed by atoms with Gasteiger partial charge < -0.3 is 15.2 Å². The van der Waals surface area contributed by atoms with Crippen molar-refractivity contribution >= 4 is 6.09 Å². The second-order valence-electron chi connectivity index (χ2n) is 8.53. The number of quaternary nitrogens is 1. The van der Waals surface area contributed by atoms with Crippen LogP contribution in [0.4, 0.5) is 4.79 Å². The monoisotopic (exact) mass is 299 g/mol. The predicted molar refractivity (Wildman–Crippen MR) is 80.7 cm³/mol. The zero-order valence-corrected chi connectivity index (χ0v) is 14.5. The molecular formula is C16H31N2O3+. The molecule has 0 aliphatic carbocycles. The number of piperidine rings is 1. The minimum atomic E-state index is -1.27. The van der Waals surface area contributed by atoms with E-state index in [0.717, 1.165) is 12.8 Å². The molecule has 0 spiro atoms. The van der Waals surface area contributed by atoms with Gasteiger partial charge in [-0.25, -0.2) is 4.79 Å². The Bertz CT molecular complexity index is 429. The number of nitrogens with two attached hydrogens (primary N) is 1. The third-order valence-corrected chi connectivity index (χ3v) is 5.32. The second-order valence-corrected chi connectivity index (χ2v) is 8.53. The molecule has 0 aromatic heterocycles.